The highest BCUT2D eigenvalue weighted by molar-refractivity contribution is 5.28. The highest BCUT2D eigenvalue weighted by Crippen LogP contribution is 2.25. The number of nitrogens with zero attached hydrogens (tertiary/aromatic N) is 1. The van der Waals surface area contributed by atoms with Crippen LogP contribution in [-0.2, 0) is 0 Å². The van der Waals surface area contributed by atoms with E-state index in [0.717, 1.165) is 17.7 Å². The largest absolute Gasteiger partial charge is 0.330 e. The SMILES string of the molecule is NCCC(c1ccc(F)cc1)c1ccccn1. The van der Waals surface area contributed by atoms with Gasteiger partial charge in [-0.3, -0.25) is 4.98 Å². The third-order valence-corrected chi connectivity index (χ3v) is 2.77. The van der Waals surface area contributed by atoms with E-state index in [1.54, 1.807) is 18.3 Å². The summed E-state index contributed by atoms with van der Waals surface area (Å²) in [6.45, 7) is 0.582. The second-order valence-corrected chi connectivity index (χ2v) is 3.94. The first-order valence-electron chi connectivity index (χ1n) is 5.67. The molecule has 2 N–H and O–H groups in total. The van der Waals surface area contributed by atoms with Crippen molar-refractivity contribution in [3.8, 4) is 0 Å². The number of benzene rings is 1. The van der Waals surface area contributed by atoms with Gasteiger partial charge in [-0.1, -0.05) is 18.2 Å². The van der Waals surface area contributed by atoms with Crippen molar-refractivity contribution in [3.63, 3.8) is 0 Å². The average Bonchev–Trinajstić information content (AvgIpc) is 2.38. The van der Waals surface area contributed by atoms with Gasteiger partial charge in [0.25, 0.3) is 0 Å². The topological polar surface area (TPSA) is 38.9 Å². The molecule has 1 atom stereocenters. The molecule has 17 heavy (non-hydrogen) atoms. The summed E-state index contributed by atoms with van der Waals surface area (Å²) in [5.41, 5.74) is 7.66. The molecular formula is C14H15FN2. The maximum Gasteiger partial charge on any atom is 0.123 e. The van der Waals surface area contributed by atoms with Gasteiger partial charge in [-0.2, -0.15) is 0 Å². The van der Waals surface area contributed by atoms with E-state index in [1.807, 2.05) is 18.2 Å². The van der Waals surface area contributed by atoms with Crippen LogP contribution in [-0.4, -0.2) is 11.5 Å². The van der Waals surface area contributed by atoms with E-state index in [4.69, 9.17) is 5.73 Å². The Morgan fingerprint density at radius 2 is 1.88 bits per heavy atom. The quantitative estimate of drug-likeness (QED) is 0.877. The van der Waals surface area contributed by atoms with Gasteiger partial charge in [-0.05, 0) is 42.8 Å². The number of hydrogen-bond donors (Lipinski definition) is 1. The zero-order valence-corrected chi connectivity index (χ0v) is 9.51. The molecule has 0 aliphatic rings. The Labute approximate surface area is 100 Å². The maximum absolute atomic E-state index is 12.9. The number of rotatable bonds is 4. The van der Waals surface area contributed by atoms with Crippen LogP contribution in [0.5, 0.6) is 0 Å². The summed E-state index contributed by atoms with van der Waals surface area (Å²) < 4.78 is 12.9. The zero-order valence-electron chi connectivity index (χ0n) is 9.51. The smallest absolute Gasteiger partial charge is 0.123 e. The van der Waals surface area contributed by atoms with Gasteiger partial charge < -0.3 is 5.73 Å². The van der Waals surface area contributed by atoms with E-state index in [2.05, 4.69) is 4.98 Å². The van der Waals surface area contributed by atoms with Crippen LogP contribution in [0.1, 0.15) is 23.6 Å². The zero-order chi connectivity index (χ0) is 12.1. The van der Waals surface area contributed by atoms with E-state index in [1.165, 1.54) is 12.1 Å². The minimum atomic E-state index is -0.221. The van der Waals surface area contributed by atoms with E-state index in [9.17, 15) is 4.39 Å². The van der Waals surface area contributed by atoms with Crippen LogP contribution >= 0.6 is 0 Å². The van der Waals surface area contributed by atoms with Gasteiger partial charge in [0.05, 0.1) is 0 Å². The monoisotopic (exact) mass is 230 g/mol. The predicted octanol–water partition coefficient (Wildman–Crippen LogP) is 2.70. The molecule has 2 nitrogen and oxygen atoms in total. The lowest BCUT2D eigenvalue weighted by Crippen LogP contribution is -2.10. The van der Waals surface area contributed by atoms with Gasteiger partial charge >= 0.3 is 0 Å². The lowest BCUT2D eigenvalue weighted by molar-refractivity contribution is 0.624. The van der Waals surface area contributed by atoms with E-state index < -0.39 is 0 Å². The Balaban J connectivity index is 2.32. The third kappa shape index (κ3) is 2.88. The van der Waals surface area contributed by atoms with Crippen molar-refractivity contribution in [1.29, 1.82) is 0 Å². The number of halogens is 1. The molecule has 0 bridgehead atoms. The summed E-state index contributed by atoms with van der Waals surface area (Å²) in [5.74, 6) is -0.0805. The second-order valence-electron chi connectivity index (χ2n) is 3.94. The van der Waals surface area contributed by atoms with Crippen LogP contribution in [0.4, 0.5) is 4.39 Å². The molecule has 2 aromatic rings. The molecule has 1 aromatic carbocycles. The van der Waals surface area contributed by atoms with Crippen molar-refractivity contribution in [2.45, 2.75) is 12.3 Å². The fourth-order valence-electron chi connectivity index (χ4n) is 1.93. The molecule has 0 saturated carbocycles. The first-order chi connectivity index (χ1) is 8.31. The molecule has 3 heteroatoms. The number of nitrogens with two attached hydrogens (primary N) is 1. The molecular weight excluding hydrogens is 215 g/mol. The Bertz CT molecular complexity index is 453. The van der Waals surface area contributed by atoms with Crippen molar-refractivity contribution < 1.29 is 4.39 Å². The number of hydrogen-bond acceptors (Lipinski definition) is 2. The number of aromatic nitrogens is 1. The number of pyridine rings is 1. The third-order valence-electron chi connectivity index (χ3n) is 2.77. The molecule has 2 rings (SSSR count). The van der Waals surface area contributed by atoms with Crippen LogP contribution in [0, 0.1) is 5.82 Å². The van der Waals surface area contributed by atoms with Gasteiger partial charge in [0.1, 0.15) is 5.82 Å². The Morgan fingerprint density at radius 3 is 2.47 bits per heavy atom. The predicted molar refractivity (Wildman–Crippen MR) is 66.2 cm³/mol. The molecule has 1 aromatic heterocycles. The van der Waals surface area contributed by atoms with Crippen LogP contribution in [0.2, 0.25) is 0 Å². The highest BCUT2D eigenvalue weighted by Gasteiger charge is 2.14. The molecule has 88 valence electrons. The van der Waals surface area contributed by atoms with Gasteiger partial charge in [-0.15, -0.1) is 0 Å². The lowest BCUT2D eigenvalue weighted by atomic mass is 9.92. The fourth-order valence-corrected chi connectivity index (χ4v) is 1.93. The van der Waals surface area contributed by atoms with Crippen LogP contribution in [0.25, 0.3) is 0 Å². The maximum atomic E-state index is 12.9. The second kappa shape index (κ2) is 5.55. The highest BCUT2D eigenvalue weighted by atomic mass is 19.1. The summed E-state index contributed by atoms with van der Waals surface area (Å²) in [6.07, 6.45) is 2.57. The van der Waals surface area contributed by atoms with Gasteiger partial charge in [0, 0.05) is 17.8 Å². The normalized spacial score (nSPS) is 12.4. The van der Waals surface area contributed by atoms with Crippen molar-refractivity contribution in [2.24, 2.45) is 5.73 Å². The molecule has 0 fully saturated rings. The molecule has 0 aliphatic carbocycles. The lowest BCUT2D eigenvalue weighted by Gasteiger charge is -2.15. The van der Waals surface area contributed by atoms with E-state index in [-0.39, 0.29) is 11.7 Å². The van der Waals surface area contributed by atoms with Gasteiger partial charge in [0.2, 0.25) is 0 Å². The summed E-state index contributed by atoms with van der Waals surface area (Å²) in [5, 5.41) is 0. The Morgan fingerprint density at radius 1 is 1.12 bits per heavy atom. The molecule has 1 unspecified atom stereocenters. The molecule has 0 amide bonds. The molecule has 1 heterocycles. The minimum Gasteiger partial charge on any atom is -0.330 e. The fraction of sp³-hybridized carbons (Fsp3) is 0.214. The van der Waals surface area contributed by atoms with Gasteiger partial charge in [0.15, 0.2) is 0 Å². The Kier molecular flexibility index (Phi) is 3.83. The summed E-state index contributed by atoms with van der Waals surface area (Å²) in [4.78, 5) is 4.35. The standard InChI is InChI=1S/C14H15FN2/c15-12-6-4-11(5-7-12)13(8-9-16)14-3-1-2-10-17-14/h1-7,10,13H,8-9,16H2. The van der Waals surface area contributed by atoms with Crippen LogP contribution < -0.4 is 5.73 Å². The summed E-state index contributed by atoms with van der Waals surface area (Å²) >= 11 is 0. The molecule has 0 spiro atoms. The summed E-state index contributed by atoms with van der Waals surface area (Å²) in [6, 6.07) is 12.4. The van der Waals surface area contributed by atoms with E-state index >= 15 is 0 Å². The average molecular weight is 230 g/mol. The van der Waals surface area contributed by atoms with Crippen molar-refractivity contribution in [1.82, 2.24) is 4.98 Å². The van der Waals surface area contributed by atoms with Crippen molar-refractivity contribution in [2.75, 3.05) is 6.54 Å². The minimum absolute atomic E-state index is 0.141. The first kappa shape index (κ1) is 11.7. The van der Waals surface area contributed by atoms with E-state index in [0.29, 0.717) is 6.54 Å². The molecule has 0 saturated heterocycles. The van der Waals surface area contributed by atoms with Gasteiger partial charge in [-0.25, -0.2) is 4.39 Å². The molecule has 0 radical (unpaired) electrons. The molecule has 0 aliphatic heterocycles. The van der Waals surface area contributed by atoms with Crippen molar-refractivity contribution in [3.05, 3.63) is 65.7 Å². The van der Waals surface area contributed by atoms with Crippen molar-refractivity contribution >= 4 is 0 Å². The van der Waals surface area contributed by atoms with Crippen LogP contribution in [0.3, 0.4) is 0 Å². The summed E-state index contributed by atoms with van der Waals surface area (Å²) in [7, 11) is 0. The van der Waals surface area contributed by atoms with Crippen LogP contribution in [0.15, 0.2) is 48.7 Å². The Hall–Kier alpha value is -1.74. The first-order valence-corrected chi connectivity index (χ1v) is 5.67.